The Morgan fingerprint density at radius 1 is 1.18 bits per heavy atom. The fraction of sp³-hybridized carbons (Fsp3) is 0.579. The van der Waals surface area contributed by atoms with Crippen LogP contribution in [0.4, 0.5) is 0 Å². The van der Waals surface area contributed by atoms with Crippen LogP contribution in [0.1, 0.15) is 43.4 Å². The highest BCUT2D eigenvalue weighted by Gasteiger charge is 2.19. The van der Waals surface area contributed by atoms with Crippen LogP contribution in [0.15, 0.2) is 24.3 Å². The molecule has 1 aliphatic carbocycles. The van der Waals surface area contributed by atoms with Crippen molar-refractivity contribution in [2.45, 2.75) is 64.6 Å². The SMILES string of the molecule is Cc1c(C)n(C[C@@H](O)C[NH2+]C2CCCCC2)c2ccccc12. The lowest BCUT2D eigenvalue weighted by molar-refractivity contribution is -0.697. The number of aromatic nitrogens is 1. The number of hydrogen-bond donors (Lipinski definition) is 2. The Morgan fingerprint density at radius 2 is 1.91 bits per heavy atom. The first kappa shape index (κ1) is 15.6. The summed E-state index contributed by atoms with van der Waals surface area (Å²) in [7, 11) is 0. The lowest BCUT2D eigenvalue weighted by Crippen LogP contribution is -2.92. The maximum Gasteiger partial charge on any atom is 0.121 e. The van der Waals surface area contributed by atoms with Crippen molar-refractivity contribution >= 4 is 10.9 Å². The summed E-state index contributed by atoms with van der Waals surface area (Å²) in [4.78, 5) is 0. The summed E-state index contributed by atoms with van der Waals surface area (Å²) in [5.41, 5.74) is 3.85. The monoisotopic (exact) mass is 301 g/mol. The summed E-state index contributed by atoms with van der Waals surface area (Å²) in [6, 6.07) is 9.24. The van der Waals surface area contributed by atoms with E-state index in [1.165, 1.54) is 54.3 Å². The highest BCUT2D eigenvalue weighted by molar-refractivity contribution is 5.85. The van der Waals surface area contributed by atoms with E-state index < -0.39 is 0 Å². The summed E-state index contributed by atoms with van der Waals surface area (Å²) in [5.74, 6) is 0. The molecule has 2 aromatic rings. The van der Waals surface area contributed by atoms with Crippen molar-refractivity contribution in [2.24, 2.45) is 0 Å². The van der Waals surface area contributed by atoms with Crippen molar-refractivity contribution in [3.8, 4) is 0 Å². The molecule has 3 rings (SSSR count). The first-order valence-electron chi connectivity index (χ1n) is 8.72. The number of aliphatic hydroxyl groups is 1. The van der Waals surface area contributed by atoms with E-state index in [0.717, 1.165) is 12.6 Å². The molecule has 1 aromatic carbocycles. The number of fused-ring (bicyclic) bond motifs is 1. The van der Waals surface area contributed by atoms with Crippen LogP contribution < -0.4 is 5.32 Å². The zero-order chi connectivity index (χ0) is 15.5. The van der Waals surface area contributed by atoms with E-state index in [4.69, 9.17) is 0 Å². The lowest BCUT2D eigenvalue weighted by atomic mass is 9.95. The van der Waals surface area contributed by atoms with Gasteiger partial charge in [-0.2, -0.15) is 0 Å². The second-order valence-corrected chi connectivity index (χ2v) is 6.86. The fourth-order valence-corrected chi connectivity index (χ4v) is 3.84. The molecule has 22 heavy (non-hydrogen) atoms. The smallest absolute Gasteiger partial charge is 0.121 e. The van der Waals surface area contributed by atoms with Gasteiger partial charge in [0.25, 0.3) is 0 Å². The molecule has 0 spiro atoms. The standard InChI is InChI=1S/C19H28N2O/c1-14-15(2)21(19-11-7-6-10-18(14)19)13-17(22)12-20-16-8-4-3-5-9-16/h6-7,10-11,16-17,20,22H,3-5,8-9,12-13H2,1-2H3/p+1/t17-/m0/s1. The number of quaternary nitrogens is 1. The number of nitrogens with zero attached hydrogens (tertiary/aromatic N) is 1. The number of para-hydroxylation sites is 1. The lowest BCUT2D eigenvalue weighted by Gasteiger charge is -2.22. The topological polar surface area (TPSA) is 41.8 Å². The Labute approximate surface area is 133 Å². The van der Waals surface area contributed by atoms with Gasteiger partial charge in [0.15, 0.2) is 0 Å². The van der Waals surface area contributed by atoms with E-state index in [1.807, 2.05) is 0 Å². The zero-order valence-corrected chi connectivity index (χ0v) is 13.9. The molecular formula is C19H29N2O+. The highest BCUT2D eigenvalue weighted by Crippen LogP contribution is 2.25. The van der Waals surface area contributed by atoms with E-state index in [2.05, 4.69) is 48.0 Å². The summed E-state index contributed by atoms with van der Waals surface area (Å²) in [5, 5.41) is 14.2. The Hall–Kier alpha value is -1.32. The van der Waals surface area contributed by atoms with E-state index in [0.29, 0.717) is 6.54 Å². The first-order chi connectivity index (χ1) is 10.7. The predicted octanol–water partition coefficient (Wildman–Crippen LogP) is 2.52. The number of rotatable bonds is 5. The molecule has 0 bridgehead atoms. The molecule has 120 valence electrons. The molecule has 1 fully saturated rings. The van der Waals surface area contributed by atoms with Gasteiger partial charge in [-0.05, 0) is 51.2 Å². The highest BCUT2D eigenvalue weighted by atomic mass is 16.3. The summed E-state index contributed by atoms with van der Waals surface area (Å²) < 4.78 is 2.28. The van der Waals surface area contributed by atoms with Crippen LogP contribution in [-0.4, -0.2) is 28.4 Å². The maximum atomic E-state index is 10.5. The van der Waals surface area contributed by atoms with Gasteiger partial charge < -0.3 is 15.0 Å². The van der Waals surface area contributed by atoms with Crippen LogP contribution in [0.2, 0.25) is 0 Å². The van der Waals surface area contributed by atoms with Crippen LogP contribution in [0.25, 0.3) is 10.9 Å². The quantitative estimate of drug-likeness (QED) is 0.875. The molecule has 1 atom stereocenters. The molecule has 3 N–H and O–H groups in total. The molecule has 0 amide bonds. The van der Waals surface area contributed by atoms with Crippen molar-refractivity contribution in [3.63, 3.8) is 0 Å². The van der Waals surface area contributed by atoms with Crippen LogP contribution in [-0.2, 0) is 6.54 Å². The molecule has 0 aliphatic heterocycles. The molecular weight excluding hydrogens is 272 g/mol. The Kier molecular flexibility index (Phi) is 4.84. The average Bonchev–Trinajstić information content (AvgIpc) is 2.79. The first-order valence-corrected chi connectivity index (χ1v) is 8.72. The maximum absolute atomic E-state index is 10.5. The molecule has 1 saturated carbocycles. The molecule has 1 heterocycles. The van der Waals surface area contributed by atoms with Crippen molar-refractivity contribution in [1.29, 1.82) is 0 Å². The van der Waals surface area contributed by atoms with Crippen LogP contribution in [0.3, 0.4) is 0 Å². The third-order valence-electron chi connectivity index (χ3n) is 5.33. The summed E-state index contributed by atoms with van der Waals surface area (Å²) in [6.07, 6.45) is 6.46. The number of benzene rings is 1. The van der Waals surface area contributed by atoms with Crippen molar-refractivity contribution in [1.82, 2.24) is 4.57 Å². The van der Waals surface area contributed by atoms with Gasteiger partial charge in [0, 0.05) is 16.6 Å². The van der Waals surface area contributed by atoms with Crippen LogP contribution >= 0.6 is 0 Å². The van der Waals surface area contributed by atoms with Gasteiger partial charge in [0.2, 0.25) is 0 Å². The minimum Gasteiger partial charge on any atom is -0.385 e. The second-order valence-electron chi connectivity index (χ2n) is 6.86. The molecule has 3 nitrogen and oxygen atoms in total. The Bertz CT molecular complexity index is 626. The molecule has 1 aromatic heterocycles. The number of nitrogens with two attached hydrogens (primary N) is 1. The molecule has 0 radical (unpaired) electrons. The normalized spacial score (nSPS) is 18.0. The van der Waals surface area contributed by atoms with Gasteiger partial charge in [-0.1, -0.05) is 24.6 Å². The molecule has 3 heteroatoms. The minimum atomic E-state index is -0.282. The number of hydrogen-bond acceptors (Lipinski definition) is 1. The van der Waals surface area contributed by atoms with Gasteiger partial charge in [-0.25, -0.2) is 0 Å². The second kappa shape index (κ2) is 6.84. The number of aliphatic hydroxyl groups excluding tert-OH is 1. The minimum absolute atomic E-state index is 0.282. The Balaban J connectivity index is 1.66. The Morgan fingerprint density at radius 3 is 2.68 bits per heavy atom. The van der Waals surface area contributed by atoms with E-state index in [-0.39, 0.29) is 6.10 Å². The summed E-state index contributed by atoms with van der Waals surface area (Å²) in [6.45, 7) is 5.85. The van der Waals surface area contributed by atoms with Gasteiger partial charge in [0.1, 0.15) is 12.6 Å². The van der Waals surface area contributed by atoms with E-state index in [9.17, 15) is 5.11 Å². The van der Waals surface area contributed by atoms with E-state index in [1.54, 1.807) is 0 Å². The predicted molar refractivity (Wildman–Crippen MR) is 91.1 cm³/mol. The van der Waals surface area contributed by atoms with Crippen molar-refractivity contribution in [2.75, 3.05) is 6.54 Å². The van der Waals surface area contributed by atoms with Gasteiger partial charge >= 0.3 is 0 Å². The third-order valence-corrected chi connectivity index (χ3v) is 5.33. The van der Waals surface area contributed by atoms with E-state index >= 15 is 0 Å². The molecule has 1 aliphatic rings. The van der Waals surface area contributed by atoms with Gasteiger partial charge in [0.05, 0.1) is 12.6 Å². The summed E-state index contributed by atoms with van der Waals surface area (Å²) >= 11 is 0. The zero-order valence-electron chi connectivity index (χ0n) is 13.9. The van der Waals surface area contributed by atoms with Crippen LogP contribution in [0.5, 0.6) is 0 Å². The molecule has 0 unspecified atom stereocenters. The number of aryl methyl sites for hydroxylation is 1. The largest absolute Gasteiger partial charge is 0.385 e. The van der Waals surface area contributed by atoms with Crippen molar-refractivity contribution in [3.05, 3.63) is 35.5 Å². The van der Waals surface area contributed by atoms with Gasteiger partial charge in [-0.15, -0.1) is 0 Å². The fourth-order valence-electron chi connectivity index (χ4n) is 3.84. The van der Waals surface area contributed by atoms with Crippen molar-refractivity contribution < 1.29 is 10.4 Å². The molecule has 0 saturated heterocycles. The average molecular weight is 301 g/mol. The van der Waals surface area contributed by atoms with Crippen LogP contribution in [0, 0.1) is 13.8 Å². The van der Waals surface area contributed by atoms with Gasteiger partial charge in [-0.3, -0.25) is 0 Å². The third kappa shape index (κ3) is 3.21.